The van der Waals surface area contributed by atoms with Gasteiger partial charge in [0.05, 0.1) is 12.6 Å². The van der Waals surface area contributed by atoms with E-state index >= 15 is 0 Å². The number of carbonyl (C=O) groups excluding carboxylic acids is 1. The number of ether oxygens (including phenoxy) is 1. The minimum absolute atomic E-state index is 0.0929. The molecule has 0 spiro atoms. The van der Waals surface area contributed by atoms with E-state index < -0.39 is 6.09 Å². The van der Waals surface area contributed by atoms with Crippen LogP contribution in [0, 0.1) is 11.8 Å². The van der Waals surface area contributed by atoms with E-state index in [0.29, 0.717) is 6.61 Å². The Morgan fingerprint density at radius 1 is 1.15 bits per heavy atom. The first kappa shape index (κ1) is 20.3. The van der Waals surface area contributed by atoms with Crippen molar-refractivity contribution in [3.8, 4) is 11.8 Å². The number of aliphatic hydroxyl groups excluding tert-OH is 1. The molecule has 1 atom stereocenters. The zero-order valence-corrected chi connectivity index (χ0v) is 15.9. The molecule has 142 valence electrons. The van der Waals surface area contributed by atoms with Crippen molar-refractivity contribution in [3.63, 3.8) is 0 Å². The second-order valence-corrected chi connectivity index (χ2v) is 6.85. The Morgan fingerprint density at radius 2 is 1.88 bits per heavy atom. The predicted molar refractivity (Wildman–Crippen MR) is 104 cm³/mol. The zero-order valence-electron chi connectivity index (χ0n) is 15.9. The highest BCUT2D eigenvalue weighted by Crippen LogP contribution is 2.24. The average Bonchev–Trinajstić information content (AvgIpc) is 3.09. The number of unbranched alkanes of at least 4 members (excludes halogenated alkanes) is 8. The molecule has 1 aromatic carbocycles. The number of hydrogen-bond donors (Lipinski definition) is 2. The zero-order chi connectivity index (χ0) is 18.6. The number of alkyl carbamates (subject to hydrolysis) is 1. The lowest BCUT2D eigenvalue weighted by Gasteiger charge is -2.13. The van der Waals surface area contributed by atoms with E-state index in [1.54, 1.807) is 0 Å². The molecular formula is C22H31NO3. The third-order valence-electron chi connectivity index (χ3n) is 4.80. The van der Waals surface area contributed by atoms with Crippen molar-refractivity contribution in [3.05, 3.63) is 34.9 Å². The molecule has 4 nitrogen and oxygen atoms in total. The van der Waals surface area contributed by atoms with E-state index in [1.807, 2.05) is 18.2 Å². The van der Waals surface area contributed by atoms with E-state index in [-0.39, 0.29) is 12.6 Å². The van der Waals surface area contributed by atoms with Crippen molar-refractivity contribution >= 4 is 6.09 Å². The number of carbonyl (C=O) groups is 1. The molecule has 0 radical (unpaired) electrons. The van der Waals surface area contributed by atoms with Gasteiger partial charge in [0.1, 0.15) is 6.61 Å². The van der Waals surface area contributed by atoms with Gasteiger partial charge < -0.3 is 15.2 Å². The van der Waals surface area contributed by atoms with E-state index in [9.17, 15) is 9.90 Å². The van der Waals surface area contributed by atoms with Crippen molar-refractivity contribution in [2.24, 2.45) is 0 Å². The lowest BCUT2D eigenvalue weighted by molar-refractivity contribution is 0.177. The highest BCUT2D eigenvalue weighted by Gasteiger charge is 2.26. The molecule has 26 heavy (non-hydrogen) atoms. The van der Waals surface area contributed by atoms with Gasteiger partial charge in [-0.1, -0.05) is 75.8 Å². The van der Waals surface area contributed by atoms with Gasteiger partial charge in [0.15, 0.2) is 0 Å². The van der Waals surface area contributed by atoms with Crippen molar-refractivity contribution < 1.29 is 14.6 Å². The maximum Gasteiger partial charge on any atom is 0.407 e. The summed E-state index contributed by atoms with van der Waals surface area (Å²) in [6, 6.07) is 5.54. The molecule has 2 N–H and O–H groups in total. The smallest absolute Gasteiger partial charge is 0.407 e. The van der Waals surface area contributed by atoms with Gasteiger partial charge in [-0.25, -0.2) is 4.79 Å². The highest BCUT2D eigenvalue weighted by atomic mass is 16.6. The predicted octanol–water partition coefficient (Wildman–Crippen LogP) is 4.84. The van der Waals surface area contributed by atoms with Gasteiger partial charge >= 0.3 is 6.09 Å². The summed E-state index contributed by atoms with van der Waals surface area (Å²) < 4.78 is 4.96. The molecule has 2 rings (SSSR count). The maximum atomic E-state index is 11.3. The van der Waals surface area contributed by atoms with E-state index in [4.69, 9.17) is 4.74 Å². The molecule has 0 bridgehead atoms. The Hall–Kier alpha value is -1.99. The number of aliphatic hydroxyl groups is 1. The van der Waals surface area contributed by atoms with Gasteiger partial charge in [0.25, 0.3) is 0 Å². The van der Waals surface area contributed by atoms with Gasteiger partial charge in [-0.05, 0) is 23.6 Å². The van der Waals surface area contributed by atoms with Crippen molar-refractivity contribution in [2.45, 2.75) is 77.4 Å². The number of hydrogen-bond acceptors (Lipinski definition) is 3. The highest BCUT2D eigenvalue weighted by molar-refractivity contribution is 5.70. The topological polar surface area (TPSA) is 58.6 Å². The first-order valence-corrected chi connectivity index (χ1v) is 9.91. The Bertz CT molecular complexity index is 630. The van der Waals surface area contributed by atoms with Crippen LogP contribution in [0.4, 0.5) is 4.79 Å². The van der Waals surface area contributed by atoms with Crippen molar-refractivity contribution in [2.75, 3.05) is 6.61 Å². The van der Waals surface area contributed by atoms with Gasteiger partial charge in [-0.3, -0.25) is 0 Å². The van der Waals surface area contributed by atoms with Crippen LogP contribution < -0.4 is 5.32 Å². The van der Waals surface area contributed by atoms with Crippen LogP contribution in [0.3, 0.4) is 0 Å². The van der Waals surface area contributed by atoms with E-state index in [2.05, 4.69) is 24.1 Å². The number of benzene rings is 1. The molecule has 1 aliphatic rings. The quantitative estimate of drug-likeness (QED) is 0.465. The molecular weight excluding hydrogens is 326 g/mol. The molecule has 1 fully saturated rings. The number of rotatable bonds is 10. The molecule has 1 unspecified atom stereocenters. The van der Waals surface area contributed by atoms with E-state index in [0.717, 1.165) is 29.5 Å². The first-order chi connectivity index (χ1) is 12.8. The monoisotopic (exact) mass is 357 g/mol. The van der Waals surface area contributed by atoms with Crippen LogP contribution in [0.25, 0.3) is 0 Å². The van der Waals surface area contributed by atoms with Gasteiger partial charge in [-0.15, -0.1) is 0 Å². The fourth-order valence-corrected chi connectivity index (χ4v) is 3.28. The summed E-state index contributed by atoms with van der Waals surface area (Å²) >= 11 is 0. The summed E-state index contributed by atoms with van der Waals surface area (Å²) in [6.45, 7) is 2.44. The summed E-state index contributed by atoms with van der Waals surface area (Å²) in [5.41, 5.74) is 2.51. The Labute approximate surface area is 157 Å². The molecule has 1 saturated heterocycles. The summed E-state index contributed by atoms with van der Waals surface area (Å²) in [4.78, 5) is 11.3. The average molecular weight is 357 g/mol. The number of amides is 1. The number of cyclic esters (lactones) is 1. The summed E-state index contributed by atoms with van der Waals surface area (Å²) in [7, 11) is 0. The largest absolute Gasteiger partial charge is 0.447 e. The number of nitrogens with one attached hydrogen (secondary N) is 1. The molecule has 1 aliphatic heterocycles. The van der Waals surface area contributed by atoms with Crippen LogP contribution in [0.5, 0.6) is 0 Å². The minimum atomic E-state index is -0.412. The van der Waals surface area contributed by atoms with Crippen LogP contribution in [0.15, 0.2) is 18.2 Å². The summed E-state index contributed by atoms with van der Waals surface area (Å²) in [5.74, 6) is 6.43. The molecule has 0 saturated carbocycles. The van der Waals surface area contributed by atoms with Gasteiger partial charge in [0, 0.05) is 12.0 Å². The lowest BCUT2D eigenvalue weighted by Crippen LogP contribution is -2.20. The first-order valence-electron chi connectivity index (χ1n) is 9.91. The fraction of sp³-hybridized carbons (Fsp3) is 0.591. The fourth-order valence-electron chi connectivity index (χ4n) is 3.28. The van der Waals surface area contributed by atoms with Crippen LogP contribution in [0.2, 0.25) is 0 Å². The Balaban J connectivity index is 1.80. The summed E-state index contributed by atoms with van der Waals surface area (Å²) in [5, 5.41) is 12.5. The molecule has 1 amide bonds. The molecule has 1 aromatic rings. The molecule has 0 aromatic heterocycles. The van der Waals surface area contributed by atoms with Crippen LogP contribution in [-0.4, -0.2) is 17.8 Å². The molecule has 0 aliphatic carbocycles. The Kier molecular flexibility index (Phi) is 9.06. The summed E-state index contributed by atoms with van der Waals surface area (Å²) in [6.07, 6.45) is 10.8. The van der Waals surface area contributed by atoms with Crippen LogP contribution in [-0.2, 0) is 11.3 Å². The minimum Gasteiger partial charge on any atom is -0.447 e. The van der Waals surface area contributed by atoms with Crippen LogP contribution >= 0.6 is 0 Å². The second kappa shape index (κ2) is 11.6. The van der Waals surface area contributed by atoms with Gasteiger partial charge in [-0.2, -0.15) is 0 Å². The maximum absolute atomic E-state index is 11.3. The third kappa shape index (κ3) is 6.38. The van der Waals surface area contributed by atoms with Gasteiger partial charge in [0.2, 0.25) is 0 Å². The lowest BCUT2D eigenvalue weighted by atomic mass is 9.96. The second-order valence-electron chi connectivity index (χ2n) is 6.85. The van der Waals surface area contributed by atoms with Crippen molar-refractivity contribution in [1.82, 2.24) is 5.32 Å². The van der Waals surface area contributed by atoms with Crippen LogP contribution in [0.1, 0.15) is 87.4 Å². The van der Waals surface area contributed by atoms with Crippen molar-refractivity contribution in [1.29, 1.82) is 0 Å². The Morgan fingerprint density at radius 3 is 2.54 bits per heavy atom. The molecule has 4 heteroatoms. The third-order valence-corrected chi connectivity index (χ3v) is 4.80. The normalized spacial score (nSPS) is 15.9. The SMILES string of the molecule is CCCCCCCCCCC#Cc1cccc(C2COC(=O)N2)c1CO. The van der Waals surface area contributed by atoms with E-state index in [1.165, 1.54) is 44.9 Å². The molecule has 1 heterocycles. The standard InChI is InChI=1S/C22H31NO3/c1-2-3-4-5-6-7-8-9-10-11-13-18-14-12-15-19(20(18)16-24)21-17-26-22(25)23-21/h12,14-15,21,24H,2-10,16-17H2,1H3,(H,23,25).